The lowest BCUT2D eigenvalue weighted by Crippen LogP contribution is -2.28. The molecule has 0 aromatic carbocycles. The van der Waals surface area contributed by atoms with Crippen molar-refractivity contribution in [2.75, 3.05) is 0 Å². The second-order valence-electron chi connectivity index (χ2n) is 12.1. The lowest BCUT2D eigenvalue weighted by molar-refractivity contribution is 0.379. The molecule has 0 aliphatic heterocycles. The number of rotatable bonds is 11. The smallest absolute Gasteiger partial charge is 0.140 e. The van der Waals surface area contributed by atoms with E-state index >= 15 is 0 Å². The van der Waals surface area contributed by atoms with Crippen LogP contribution in [-0.4, -0.2) is 23.8 Å². The van der Waals surface area contributed by atoms with Crippen molar-refractivity contribution in [1.29, 1.82) is 0 Å². The molecule has 45 heavy (non-hydrogen) atoms. The minimum atomic E-state index is 0.180. The summed E-state index contributed by atoms with van der Waals surface area (Å²) in [5, 5.41) is 4.89. The number of hydrogen-bond donors (Lipinski definition) is 3. The van der Waals surface area contributed by atoms with Crippen LogP contribution in [-0.2, 0) is 19.5 Å². The molecule has 0 saturated heterocycles. The fourth-order valence-corrected chi connectivity index (χ4v) is 6.34. The van der Waals surface area contributed by atoms with Crippen molar-refractivity contribution in [2.45, 2.75) is 105 Å². The number of aryl methyl sites for hydroxylation is 2. The van der Waals surface area contributed by atoms with Gasteiger partial charge in [-0.1, -0.05) is 59.3 Å². The maximum absolute atomic E-state index is 6.40. The van der Waals surface area contributed by atoms with Crippen LogP contribution in [0.2, 0.25) is 0 Å². The Hall–Kier alpha value is -4.04. The summed E-state index contributed by atoms with van der Waals surface area (Å²) in [6.45, 7) is 21.5. The van der Waals surface area contributed by atoms with Crippen molar-refractivity contribution in [2.24, 2.45) is 17.0 Å². The molecular formula is C37H54N8. The van der Waals surface area contributed by atoms with Gasteiger partial charge in [-0.2, -0.15) is 0 Å². The number of hydrazine groups is 1. The second-order valence-corrected chi connectivity index (χ2v) is 12.1. The molecule has 8 heteroatoms. The van der Waals surface area contributed by atoms with E-state index in [4.69, 9.17) is 16.6 Å². The molecule has 2 aliphatic rings. The van der Waals surface area contributed by atoms with E-state index in [0.717, 1.165) is 29.0 Å². The number of imidazole rings is 2. The van der Waals surface area contributed by atoms with E-state index in [1.165, 1.54) is 60.8 Å². The first kappa shape index (κ1) is 33.8. The highest BCUT2D eigenvalue weighted by atomic mass is 15.4. The zero-order valence-corrected chi connectivity index (χ0v) is 28.4. The molecule has 8 nitrogen and oxygen atoms in total. The van der Waals surface area contributed by atoms with Gasteiger partial charge < -0.3 is 24.9 Å². The van der Waals surface area contributed by atoms with Crippen molar-refractivity contribution in [3.63, 3.8) is 0 Å². The summed E-state index contributed by atoms with van der Waals surface area (Å²) in [5.74, 6) is 7.07. The molecule has 2 fully saturated rings. The van der Waals surface area contributed by atoms with Crippen LogP contribution in [0.3, 0.4) is 0 Å². The number of pyridine rings is 2. The van der Waals surface area contributed by atoms with Crippen molar-refractivity contribution in [1.82, 2.24) is 29.1 Å². The van der Waals surface area contributed by atoms with Gasteiger partial charge in [0.1, 0.15) is 5.65 Å². The lowest BCUT2D eigenvalue weighted by atomic mass is 9.80. The lowest BCUT2D eigenvalue weighted by Gasteiger charge is -2.25. The molecule has 4 aromatic rings. The maximum atomic E-state index is 6.40. The van der Waals surface area contributed by atoms with Gasteiger partial charge in [-0.05, 0) is 85.6 Å². The van der Waals surface area contributed by atoms with E-state index in [1.54, 1.807) is 11.2 Å². The molecule has 0 atom stereocenters. The number of fused-ring (bicyclic) bond motifs is 2. The standard InChI is InChI=1S/C33H42N8.2C2H6/c1-5-33(11-6-7-12-33)15-26-14-27(25-8-9-25)17-40-18-28(38-32(26)40)19-41(35)20-29(34)24(4)36-16-30-31-23(3)22(2)10-13-39(31)21-37-30;2*1-2/h5,10,13-14,17-18,20-21,25,36H,1,4,6-9,11-12,15-16,19,34-35H2,2-3H3;2*1-2H3/b29-20-;;. The van der Waals surface area contributed by atoms with Crippen molar-refractivity contribution in [3.05, 3.63) is 108 Å². The quantitative estimate of drug-likeness (QED) is 0.0700. The first-order valence-corrected chi connectivity index (χ1v) is 16.7. The first-order valence-electron chi connectivity index (χ1n) is 16.7. The van der Waals surface area contributed by atoms with E-state index < -0.39 is 0 Å². The molecule has 0 radical (unpaired) electrons. The predicted octanol–water partition coefficient (Wildman–Crippen LogP) is 7.60. The fraction of sp³-hybridized carbons (Fsp3) is 0.459. The van der Waals surface area contributed by atoms with Gasteiger partial charge >= 0.3 is 0 Å². The third-order valence-electron chi connectivity index (χ3n) is 9.09. The Morgan fingerprint density at radius 3 is 2.51 bits per heavy atom. The number of nitrogens with zero attached hydrogens (tertiary/aromatic N) is 5. The van der Waals surface area contributed by atoms with Crippen LogP contribution >= 0.6 is 0 Å². The number of hydrogen-bond acceptors (Lipinski definition) is 6. The van der Waals surface area contributed by atoms with Gasteiger partial charge in [-0.25, -0.2) is 15.8 Å². The molecule has 0 spiro atoms. The van der Waals surface area contributed by atoms with Gasteiger partial charge in [0.15, 0.2) is 0 Å². The molecule has 5 N–H and O–H groups in total. The SMILES string of the molecule is C=CC1(Cc2cc(C3CC3)cn3cc(CN(N)/C=C(\N)C(=C)NCc4ncn5ccc(C)c(C)c45)nc23)CCCC1.CC.CC. The summed E-state index contributed by atoms with van der Waals surface area (Å²) >= 11 is 0. The van der Waals surface area contributed by atoms with Gasteiger partial charge in [-0.15, -0.1) is 6.58 Å². The highest BCUT2D eigenvalue weighted by Gasteiger charge is 2.33. The molecule has 2 saturated carbocycles. The van der Waals surface area contributed by atoms with Gasteiger partial charge in [-0.3, -0.25) is 0 Å². The molecule has 0 amide bonds. The van der Waals surface area contributed by atoms with E-state index in [9.17, 15) is 0 Å². The molecule has 0 unspecified atom stereocenters. The first-order chi connectivity index (χ1) is 21.7. The zero-order valence-electron chi connectivity index (χ0n) is 28.4. The molecule has 242 valence electrons. The van der Waals surface area contributed by atoms with E-state index in [0.29, 0.717) is 30.4 Å². The van der Waals surface area contributed by atoms with Crippen LogP contribution in [0.1, 0.15) is 106 Å². The number of allylic oxidation sites excluding steroid dienone is 1. The summed E-state index contributed by atoms with van der Waals surface area (Å²) in [5.41, 5.74) is 16.8. The third-order valence-corrected chi connectivity index (χ3v) is 9.09. The minimum Gasteiger partial charge on any atom is -0.396 e. The van der Waals surface area contributed by atoms with E-state index in [-0.39, 0.29) is 5.41 Å². The highest BCUT2D eigenvalue weighted by molar-refractivity contribution is 5.61. The monoisotopic (exact) mass is 610 g/mol. The number of nitrogens with one attached hydrogen (secondary N) is 1. The topological polar surface area (TPSA) is 102 Å². The van der Waals surface area contributed by atoms with Crippen LogP contribution in [0.5, 0.6) is 0 Å². The summed E-state index contributed by atoms with van der Waals surface area (Å²) in [6.07, 6.45) is 20.6. The van der Waals surface area contributed by atoms with Crippen molar-refractivity contribution < 1.29 is 0 Å². The van der Waals surface area contributed by atoms with Gasteiger partial charge in [0.25, 0.3) is 0 Å². The Labute approximate surface area is 269 Å². The number of aromatic nitrogens is 4. The Morgan fingerprint density at radius 2 is 1.84 bits per heavy atom. The van der Waals surface area contributed by atoms with Crippen LogP contribution in [0.25, 0.3) is 11.2 Å². The van der Waals surface area contributed by atoms with Gasteiger partial charge in [0.05, 0.1) is 47.7 Å². The highest BCUT2D eigenvalue weighted by Crippen LogP contribution is 2.44. The molecule has 0 bridgehead atoms. The largest absolute Gasteiger partial charge is 0.396 e. The van der Waals surface area contributed by atoms with Crippen LogP contribution in [0.15, 0.2) is 73.9 Å². The molecule has 2 aliphatic carbocycles. The van der Waals surface area contributed by atoms with Crippen LogP contribution in [0.4, 0.5) is 0 Å². The minimum absolute atomic E-state index is 0.180. The predicted molar refractivity (Wildman–Crippen MR) is 187 cm³/mol. The molecule has 6 rings (SSSR count). The summed E-state index contributed by atoms with van der Waals surface area (Å²) in [6, 6.07) is 4.49. The van der Waals surface area contributed by atoms with Crippen molar-refractivity contribution >= 4 is 11.2 Å². The third kappa shape index (κ3) is 7.61. The Balaban J connectivity index is 0.00000111. The Kier molecular flexibility index (Phi) is 11.2. The summed E-state index contributed by atoms with van der Waals surface area (Å²) < 4.78 is 4.24. The maximum Gasteiger partial charge on any atom is 0.140 e. The van der Waals surface area contributed by atoms with Gasteiger partial charge in [0.2, 0.25) is 0 Å². The summed E-state index contributed by atoms with van der Waals surface area (Å²) in [7, 11) is 0. The fourth-order valence-electron chi connectivity index (χ4n) is 6.34. The molecule has 4 aromatic heterocycles. The average Bonchev–Trinajstić information content (AvgIpc) is 3.44. The van der Waals surface area contributed by atoms with E-state index in [1.807, 2.05) is 44.6 Å². The second kappa shape index (κ2) is 14.8. The average molecular weight is 611 g/mol. The Morgan fingerprint density at radius 1 is 1.13 bits per heavy atom. The molecular weight excluding hydrogens is 556 g/mol. The van der Waals surface area contributed by atoms with Crippen molar-refractivity contribution in [3.8, 4) is 0 Å². The van der Waals surface area contributed by atoms with Crippen LogP contribution < -0.4 is 16.9 Å². The normalized spacial score (nSPS) is 15.7. The zero-order chi connectivity index (χ0) is 32.7. The van der Waals surface area contributed by atoms with Crippen LogP contribution in [0, 0.1) is 19.3 Å². The molecule has 4 heterocycles. The number of nitrogens with two attached hydrogens (primary N) is 2. The summed E-state index contributed by atoms with van der Waals surface area (Å²) in [4.78, 5) is 9.62. The van der Waals surface area contributed by atoms with E-state index in [2.05, 4.69) is 72.3 Å². The Bertz CT molecular complexity index is 1650. The van der Waals surface area contributed by atoms with Gasteiger partial charge in [0, 0.05) is 24.8 Å².